The van der Waals surface area contributed by atoms with Gasteiger partial charge >= 0.3 is 0 Å². The maximum atomic E-state index is 12.1. The number of nitrogens with zero attached hydrogens (tertiary/aromatic N) is 2. The van der Waals surface area contributed by atoms with Crippen LogP contribution in [-0.2, 0) is 0 Å². The van der Waals surface area contributed by atoms with Crippen LogP contribution >= 0.6 is 23.2 Å². The highest BCUT2D eigenvalue weighted by Gasteiger charge is 2.17. The number of hydrazone groups is 1. The fourth-order valence-electron chi connectivity index (χ4n) is 1.89. The van der Waals surface area contributed by atoms with Gasteiger partial charge in [-0.05, 0) is 25.1 Å². The van der Waals surface area contributed by atoms with E-state index in [0.29, 0.717) is 15.6 Å². The van der Waals surface area contributed by atoms with Crippen molar-refractivity contribution in [2.75, 3.05) is 0 Å². The first-order chi connectivity index (χ1) is 10.9. The molecular formula is C15H11Cl2N3O3. The zero-order valence-electron chi connectivity index (χ0n) is 11.9. The van der Waals surface area contributed by atoms with E-state index in [1.54, 1.807) is 18.2 Å². The predicted molar refractivity (Wildman–Crippen MR) is 89.4 cm³/mol. The minimum absolute atomic E-state index is 0.123. The van der Waals surface area contributed by atoms with Crippen LogP contribution in [0.5, 0.6) is 0 Å². The van der Waals surface area contributed by atoms with Crippen molar-refractivity contribution in [2.45, 2.75) is 6.92 Å². The van der Waals surface area contributed by atoms with Crippen LogP contribution in [0, 0.1) is 17.0 Å². The third-order valence-electron chi connectivity index (χ3n) is 3.08. The third-order valence-corrected chi connectivity index (χ3v) is 3.64. The highest BCUT2D eigenvalue weighted by Crippen LogP contribution is 2.21. The van der Waals surface area contributed by atoms with Gasteiger partial charge in [0.1, 0.15) is 0 Å². The van der Waals surface area contributed by atoms with E-state index in [-0.39, 0.29) is 16.8 Å². The Bertz CT molecular complexity index is 807. The Hall–Kier alpha value is -2.44. The molecule has 0 aliphatic carbocycles. The molecule has 8 heteroatoms. The van der Waals surface area contributed by atoms with Crippen LogP contribution in [0.3, 0.4) is 0 Å². The summed E-state index contributed by atoms with van der Waals surface area (Å²) in [6.45, 7) is 1.51. The van der Waals surface area contributed by atoms with Crippen LogP contribution in [0.25, 0.3) is 0 Å². The van der Waals surface area contributed by atoms with Gasteiger partial charge in [-0.1, -0.05) is 35.3 Å². The normalized spacial score (nSPS) is 10.7. The quantitative estimate of drug-likeness (QED) is 0.513. The van der Waals surface area contributed by atoms with Crippen molar-refractivity contribution in [1.82, 2.24) is 5.43 Å². The summed E-state index contributed by atoms with van der Waals surface area (Å²) in [6, 6.07) is 9.11. The molecule has 23 heavy (non-hydrogen) atoms. The lowest BCUT2D eigenvalue weighted by molar-refractivity contribution is -0.385. The second-order valence-corrected chi connectivity index (χ2v) is 5.42. The van der Waals surface area contributed by atoms with Crippen molar-refractivity contribution in [1.29, 1.82) is 0 Å². The number of nitro groups is 1. The van der Waals surface area contributed by atoms with Crippen molar-refractivity contribution >= 4 is 41.0 Å². The van der Waals surface area contributed by atoms with Crippen molar-refractivity contribution in [3.63, 3.8) is 0 Å². The summed E-state index contributed by atoms with van der Waals surface area (Å²) in [5.41, 5.74) is 3.22. The molecule has 0 fully saturated rings. The summed E-state index contributed by atoms with van der Waals surface area (Å²) in [5, 5.41) is 15.6. The molecule has 0 aliphatic rings. The molecular weight excluding hydrogens is 341 g/mol. The largest absolute Gasteiger partial charge is 0.273 e. The minimum atomic E-state index is -0.549. The molecule has 0 radical (unpaired) electrons. The summed E-state index contributed by atoms with van der Waals surface area (Å²) >= 11 is 11.8. The molecule has 0 aromatic heterocycles. The van der Waals surface area contributed by atoms with E-state index in [1.165, 1.54) is 31.3 Å². The Morgan fingerprint density at radius 2 is 2.04 bits per heavy atom. The van der Waals surface area contributed by atoms with Gasteiger partial charge in [-0.2, -0.15) is 5.10 Å². The van der Waals surface area contributed by atoms with Crippen LogP contribution < -0.4 is 5.43 Å². The summed E-state index contributed by atoms with van der Waals surface area (Å²) in [4.78, 5) is 22.4. The van der Waals surface area contributed by atoms with E-state index >= 15 is 0 Å². The van der Waals surface area contributed by atoms with Gasteiger partial charge in [0.25, 0.3) is 11.6 Å². The number of benzene rings is 2. The number of nitro benzene ring substituents is 1. The average Bonchev–Trinajstić information content (AvgIpc) is 2.49. The maximum Gasteiger partial charge on any atom is 0.273 e. The molecule has 2 aromatic rings. The van der Waals surface area contributed by atoms with E-state index in [0.717, 1.165) is 0 Å². The Morgan fingerprint density at radius 3 is 2.70 bits per heavy atom. The van der Waals surface area contributed by atoms with Crippen LogP contribution in [0.1, 0.15) is 21.5 Å². The predicted octanol–water partition coefficient (Wildman–Crippen LogP) is 3.97. The van der Waals surface area contributed by atoms with Crippen LogP contribution in [0.4, 0.5) is 5.69 Å². The second-order valence-electron chi connectivity index (χ2n) is 4.57. The fraction of sp³-hybridized carbons (Fsp3) is 0.0667. The third kappa shape index (κ3) is 4.06. The van der Waals surface area contributed by atoms with Gasteiger partial charge in [-0.15, -0.1) is 0 Å². The molecule has 118 valence electrons. The Kier molecular flexibility index (Phi) is 5.31. The summed E-state index contributed by atoms with van der Waals surface area (Å²) in [6.07, 6.45) is 1.36. The highest BCUT2D eigenvalue weighted by molar-refractivity contribution is 6.36. The van der Waals surface area contributed by atoms with Gasteiger partial charge in [0, 0.05) is 22.2 Å². The molecule has 2 aromatic carbocycles. The number of nitrogens with one attached hydrogen (secondary N) is 1. The van der Waals surface area contributed by atoms with Crippen LogP contribution in [0.2, 0.25) is 10.0 Å². The Balaban J connectivity index is 2.15. The first kappa shape index (κ1) is 16.9. The van der Waals surface area contributed by atoms with E-state index in [2.05, 4.69) is 10.5 Å². The van der Waals surface area contributed by atoms with E-state index in [4.69, 9.17) is 23.2 Å². The number of rotatable bonds is 4. The zero-order valence-corrected chi connectivity index (χ0v) is 13.4. The molecule has 0 spiro atoms. The minimum Gasteiger partial charge on any atom is -0.267 e. The molecule has 6 nitrogen and oxygen atoms in total. The summed E-state index contributed by atoms with van der Waals surface area (Å²) in [5.74, 6) is -0.549. The smallest absolute Gasteiger partial charge is 0.267 e. The lowest BCUT2D eigenvalue weighted by Gasteiger charge is -2.04. The molecule has 2 rings (SSSR count). The first-order valence-corrected chi connectivity index (χ1v) is 7.18. The number of carbonyl (C=O) groups excluding carboxylic acids is 1. The number of amides is 1. The lowest BCUT2D eigenvalue weighted by Crippen LogP contribution is -2.19. The molecule has 0 saturated heterocycles. The maximum absolute atomic E-state index is 12.1. The highest BCUT2D eigenvalue weighted by atomic mass is 35.5. The molecule has 1 N–H and O–H groups in total. The molecule has 0 heterocycles. The molecule has 0 saturated carbocycles. The van der Waals surface area contributed by atoms with Gasteiger partial charge in [0.2, 0.25) is 0 Å². The van der Waals surface area contributed by atoms with Gasteiger partial charge in [0.05, 0.1) is 21.7 Å². The standard InChI is InChI=1S/C15H11Cl2N3O3/c1-9-12(3-2-4-14(9)20(22)23)15(21)19-18-8-10-5-6-11(16)7-13(10)17/h2-8H,1H3,(H,19,21)/b18-8-. The van der Waals surface area contributed by atoms with Gasteiger partial charge in [-0.25, -0.2) is 5.43 Å². The van der Waals surface area contributed by atoms with Crippen molar-refractivity contribution in [3.8, 4) is 0 Å². The van der Waals surface area contributed by atoms with Crippen molar-refractivity contribution in [2.24, 2.45) is 5.10 Å². The topological polar surface area (TPSA) is 84.6 Å². The molecule has 0 bridgehead atoms. The number of halogens is 2. The summed E-state index contributed by atoms with van der Waals surface area (Å²) < 4.78 is 0. The number of hydrogen-bond acceptors (Lipinski definition) is 4. The van der Waals surface area contributed by atoms with E-state index in [9.17, 15) is 14.9 Å². The average molecular weight is 352 g/mol. The summed E-state index contributed by atoms with van der Waals surface area (Å²) in [7, 11) is 0. The fourth-order valence-corrected chi connectivity index (χ4v) is 2.35. The Labute approximate surface area is 141 Å². The SMILES string of the molecule is Cc1c(C(=O)N/N=C\c2ccc(Cl)cc2Cl)cccc1[N+](=O)[O-]. The van der Waals surface area contributed by atoms with Gasteiger partial charge in [0.15, 0.2) is 0 Å². The van der Waals surface area contributed by atoms with Gasteiger partial charge in [-0.3, -0.25) is 14.9 Å². The lowest BCUT2D eigenvalue weighted by atomic mass is 10.1. The molecule has 0 atom stereocenters. The van der Waals surface area contributed by atoms with Gasteiger partial charge < -0.3 is 0 Å². The van der Waals surface area contributed by atoms with E-state index < -0.39 is 10.8 Å². The molecule has 1 amide bonds. The zero-order chi connectivity index (χ0) is 17.0. The molecule has 0 unspecified atom stereocenters. The van der Waals surface area contributed by atoms with E-state index in [1.807, 2.05) is 0 Å². The molecule has 0 aliphatic heterocycles. The Morgan fingerprint density at radius 1 is 1.30 bits per heavy atom. The number of hydrogen-bond donors (Lipinski definition) is 1. The first-order valence-electron chi connectivity index (χ1n) is 6.42. The van der Waals surface area contributed by atoms with Crippen LogP contribution in [-0.4, -0.2) is 17.0 Å². The van der Waals surface area contributed by atoms with Crippen molar-refractivity contribution in [3.05, 3.63) is 73.2 Å². The van der Waals surface area contributed by atoms with Crippen molar-refractivity contribution < 1.29 is 9.72 Å². The second kappa shape index (κ2) is 7.21. The number of carbonyl (C=O) groups is 1. The monoisotopic (exact) mass is 351 g/mol. The van der Waals surface area contributed by atoms with Crippen LogP contribution in [0.15, 0.2) is 41.5 Å².